The molecule has 0 aliphatic heterocycles. The van der Waals surface area contributed by atoms with Crippen LogP contribution >= 0.6 is 11.6 Å². The zero-order valence-electron chi connectivity index (χ0n) is 13.6. The summed E-state index contributed by atoms with van der Waals surface area (Å²) in [7, 11) is 0. The van der Waals surface area contributed by atoms with Gasteiger partial charge in [0.2, 0.25) is 0 Å². The second-order valence-corrected chi connectivity index (χ2v) is 6.86. The second kappa shape index (κ2) is 6.02. The molecule has 0 saturated heterocycles. The summed E-state index contributed by atoms with van der Waals surface area (Å²) in [6.45, 7) is 10.5. The van der Waals surface area contributed by atoms with Crippen LogP contribution < -0.4 is 5.32 Å². The fraction of sp³-hybridized carbons (Fsp3) is 0.412. The summed E-state index contributed by atoms with van der Waals surface area (Å²) < 4.78 is 1.99. The van der Waals surface area contributed by atoms with Crippen LogP contribution in [0.1, 0.15) is 50.6 Å². The molecular weight excluding hydrogens is 296 g/mol. The van der Waals surface area contributed by atoms with Crippen molar-refractivity contribution in [1.82, 2.24) is 9.78 Å². The molecule has 1 aromatic carbocycles. The van der Waals surface area contributed by atoms with Gasteiger partial charge >= 0.3 is 0 Å². The Hall–Kier alpha value is -1.99. The molecular formula is C17H21ClN4. The van der Waals surface area contributed by atoms with Crippen LogP contribution in [0.4, 0.5) is 5.69 Å². The Morgan fingerprint density at radius 3 is 2.55 bits per heavy atom. The summed E-state index contributed by atoms with van der Waals surface area (Å²) in [4.78, 5) is 0. The Balaban J connectivity index is 2.23. The number of anilines is 1. The molecule has 116 valence electrons. The first-order valence-electron chi connectivity index (χ1n) is 7.25. The quantitative estimate of drug-likeness (QED) is 0.897. The number of halogens is 1. The van der Waals surface area contributed by atoms with E-state index < -0.39 is 0 Å². The van der Waals surface area contributed by atoms with E-state index in [-0.39, 0.29) is 11.6 Å². The lowest BCUT2D eigenvalue weighted by Crippen LogP contribution is -2.22. The monoisotopic (exact) mass is 316 g/mol. The van der Waals surface area contributed by atoms with E-state index >= 15 is 0 Å². The SMILES string of the molecule is Cc1nn(C(C)(C)C)cc1C(C)Nc1ccc(C#N)c(Cl)c1. The van der Waals surface area contributed by atoms with Crippen molar-refractivity contribution in [3.05, 3.63) is 46.2 Å². The van der Waals surface area contributed by atoms with E-state index in [9.17, 15) is 0 Å². The first-order valence-corrected chi connectivity index (χ1v) is 7.63. The highest BCUT2D eigenvalue weighted by molar-refractivity contribution is 6.32. The van der Waals surface area contributed by atoms with Gasteiger partial charge in [-0.3, -0.25) is 4.68 Å². The van der Waals surface area contributed by atoms with E-state index in [1.165, 1.54) is 0 Å². The number of hydrogen-bond acceptors (Lipinski definition) is 3. The third-order valence-electron chi connectivity index (χ3n) is 3.56. The van der Waals surface area contributed by atoms with E-state index in [4.69, 9.17) is 16.9 Å². The number of aromatic nitrogens is 2. The van der Waals surface area contributed by atoms with Gasteiger partial charge in [-0.15, -0.1) is 0 Å². The van der Waals surface area contributed by atoms with Crippen LogP contribution in [-0.4, -0.2) is 9.78 Å². The average Bonchev–Trinajstić information content (AvgIpc) is 2.81. The molecule has 0 spiro atoms. The maximum atomic E-state index is 8.92. The minimum atomic E-state index is -0.0412. The normalized spacial score (nSPS) is 12.8. The highest BCUT2D eigenvalue weighted by Crippen LogP contribution is 2.26. The number of nitriles is 1. The summed E-state index contributed by atoms with van der Waals surface area (Å²) >= 11 is 6.08. The molecule has 1 heterocycles. The molecule has 2 rings (SSSR count). The molecule has 0 fully saturated rings. The molecule has 0 saturated carbocycles. The third-order valence-corrected chi connectivity index (χ3v) is 3.88. The molecule has 1 atom stereocenters. The van der Waals surface area contributed by atoms with Crippen LogP contribution in [-0.2, 0) is 5.54 Å². The van der Waals surface area contributed by atoms with Gasteiger partial charge in [-0.2, -0.15) is 10.4 Å². The van der Waals surface area contributed by atoms with Crippen LogP contribution in [0.2, 0.25) is 5.02 Å². The molecule has 0 bridgehead atoms. The van der Waals surface area contributed by atoms with Crippen LogP contribution in [0.5, 0.6) is 0 Å². The summed E-state index contributed by atoms with van der Waals surface area (Å²) in [5.41, 5.74) is 3.49. The van der Waals surface area contributed by atoms with Crippen molar-refractivity contribution in [1.29, 1.82) is 5.26 Å². The van der Waals surface area contributed by atoms with Crippen molar-refractivity contribution in [3.8, 4) is 6.07 Å². The third kappa shape index (κ3) is 3.42. The largest absolute Gasteiger partial charge is 0.378 e. The van der Waals surface area contributed by atoms with Gasteiger partial charge in [0.25, 0.3) is 0 Å². The molecule has 1 unspecified atom stereocenters. The van der Waals surface area contributed by atoms with Crippen molar-refractivity contribution in [2.45, 2.75) is 46.2 Å². The van der Waals surface area contributed by atoms with E-state index in [0.29, 0.717) is 10.6 Å². The van der Waals surface area contributed by atoms with Gasteiger partial charge in [-0.1, -0.05) is 11.6 Å². The van der Waals surface area contributed by atoms with Gasteiger partial charge in [0.1, 0.15) is 6.07 Å². The zero-order chi connectivity index (χ0) is 16.5. The van der Waals surface area contributed by atoms with Gasteiger partial charge in [0.05, 0.1) is 27.9 Å². The number of hydrogen-bond donors (Lipinski definition) is 1. The predicted molar refractivity (Wildman–Crippen MR) is 90.2 cm³/mol. The fourth-order valence-electron chi connectivity index (χ4n) is 2.27. The maximum Gasteiger partial charge on any atom is 0.101 e. The Kier molecular flexibility index (Phi) is 4.48. The second-order valence-electron chi connectivity index (χ2n) is 6.46. The molecule has 0 radical (unpaired) electrons. The van der Waals surface area contributed by atoms with Crippen LogP contribution in [0, 0.1) is 18.3 Å². The number of aryl methyl sites for hydroxylation is 1. The predicted octanol–water partition coefficient (Wildman–Crippen LogP) is 4.64. The number of benzene rings is 1. The van der Waals surface area contributed by atoms with Crippen LogP contribution in [0.25, 0.3) is 0 Å². The van der Waals surface area contributed by atoms with Crippen LogP contribution in [0.15, 0.2) is 24.4 Å². The molecule has 4 nitrogen and oxygen atoms in total. The molecule has 1 aromatic heterocycles. The van der Waals surface area contributed by atoms with Crippen molar-refractivity contribution in [2.75, 3.05) is 5.32 Å². The number of nitrogens with one attached hydrogen (secondary N) is 1. The minimum Gasteiger partial charge on any atom is -0.378 e. The number of nitrogens with zero attached hydrogens (tertiary/aromatic N) is 3. The van der Waals surface area contributed by atoms with Gasteiger partial charge in [-0.25, -0.2) is 0 Å². The van der Waals surface area contributed by atoms with Crippen LogP contribution in [0.3, 0.4) is 0 Å². The molecule has 22 heavy (non-hydrogen) atoms. The van der Waals surface area contributed by atoms with Gasteiger partial charge < -0.3 is 5.32 Å². The Morgan fingerprint density at radius 1 is 1.36 bits per heavy atom. The van der Waals surface area contributed by atoms with Gasteiger partial charge in [0, 0.05) is 17.4 Å². The Labute approximate surface area is 136 Å². The van der Waals surface area contributed by atoms with Crippen molar-refractivity contribution >= 4 is 17.3 Å². The van der Waals surface area contributed by atoms with Crippen molar-refractivity contribution < 1.29 is 0 Å². The molecule has 5 heteroatoms. The topological polar surface area (TPSA) is 53.6 Å². The van der Waals surface area contributed by atoms with Crippen molar-refractivity contribution in [3.63, 3.8) is 0 Å². The van der Waals surface area contributed by atoms with E-state index in [2.05, 4.69) is 50.4 Å². The zero-order valence-corrected chi connectivity index (χ0v) is 14.4. The Morgan fingerprint density at radius 2 is 2.05 bits per heavy atom. The first kappa shape index (κ1) is 16.4. The summed E-state index contributed by atoms with van der Waals surface area (Å²) in [6, 6.07) is 7.53. The molecule has 0 aliphatic rings. The lowest BCUT2D eigenvalue weighted by atomic mass is 10.1. The minimum absolute atomic E-state index is 0.0412. The number of rotatable bonds is 3. The lowest BCUT2D eigenvalue weighted by Gasteiger charge is -2.19. The lowest BCUT2D eigenvalue weighted by molar-refractivity contribution is 0.354. The highest BCUT2D eigenvalue weighted by Gasteiger charge is 2.19. The average molecular weight is 317 g/mol. The maximum absolute atomic E-state index is 8.92. The van der Waals surface area contributed by atoms with E-state index in [0.717, 1.165) is 16.9 Å². The van der Waals surface area contributed by atoms with E-state index in [1.807, 2.05) is 17.7 Å². The van der Waals surface area contributed by atoms with Gasteiger partial charge in [-0.05, 0) is 52.8 Å². The van der Waals surface area contributed by atoms with Crippen molar-refractivity contribution in [2.24, 2.45) is 0 Å². The smallest absolute Gasteiger partial charge is 0.101 e. The first-order chi connectivity index (χ1) is 10.2. The molecule has 2 aromatic rings. The summed E-state index contributed by atoms with van der Waals surface area (Å²) in [5, 5.41) is 17.4. The summed E-state index contributed by atoms with van der Waals surface area (Å²) in [5.74, 6) is 0. The standard InChI is InChI=1S/C17H21ClN4/c1-11(15-10-22(17(3,4)5)21-12(15)2)20-14-7-6-13(9-19)16(18)8-14/h6-8,10-11,20H,1-5H3. The van der Waals surface area contributed by atoms with Gasteiger partial charge in [0.15, 0.2) is 0 Å². The highest BCUT2D eigenvalue weighted by atomic mass is 35.5. The summed E-state index contributed by atoms with van der Waals surface area (Å²) in [6.07, 6.45) is 2.08. The molecule has 0 aliphatic carbocycles. The molecule has 1 N–H and O–H groups in total. The van der Waals surface area contributed by atoms with E-state index in [1.54, 1.807) is 12.1 Å². The Bertz CT molecular complexity index is 719. The fourth-order valence-corrected chi connectivity index (χ4v) is 2.49. The molecule has 0 amide bonds.